The first-order valence-electron chi connectivity index (χ1n) is 10.3. The van der Waals surface area contributed by atoms with Crippen LogP contribution in [0.1, 0.15) is 15.9 Å². The molecule has 3 rings (SSSR count). The number of ether oxygens (including phenoxy) is 4. The van der Waals surface area contributed by atoms with E-state index in [-0.39, 0.29) is 11.8 Å². The molecule has 8 nitrogen and oxygen atoms in total. The zero-order valence-electron chi connectivity index (χ0n) is 19.4. The van der Waals surface area contributed by atoms with Crippen molar-refractivity contribution >= 4 is 29.3 Å². The molecule has 0 heterocycles. The Hall–Kier alpha value is -4.46. The van der Waals surface area contributed by atoms with Crippen LogP contribution in [0.15, 0.2) is 66.7 Å². The lowest BCUT2D eigenvalue weighted by atomic mass is 10.1. The summed E-state index contributed by atoms with van der Waals surface area (Å²) >= 11 is 0. The van der Waals surface area contributed by atoms with Gasteiger partial charge in [0.05, 0.1) is 39.8 Å². The van der Waals surface area contributed by atoms with Gasteiger partial charge in [-0.2, -0.15) is 0 Å². The van der Waals surface area contributed by atoms with Gasteiger partial charge in [-0.3, -0.25) is 9.59 Å². The summed E-state index contributed by atoms with van der Waals surface area (Å²) < 4.78 is 21.3. The maximum Gasteiger partial charge on any atom is 0.255 e. The van der Waals surface area contributed by atoms with E-state index in [0.29, 0.717) is 39.9 Å². The largest absolute Gasteiger partial charge is 0.494 e. The van der Waals surface area contributed by atoms with Gasteiger partial charge in [-0.25, -0.2) is 0 Å². The minimum atomic E-state index is -0.379. The van der Waals surface area contributed by atoms with E-state index >= 15 is 0 Å². The maximum absolute atomic E-state index is 12.6. The number of carbonyl (C=O) groups excluding carboxylic acids is 2. The summed E-state index contributed by atoms with van der Waals surface area (Å²) in [6.45, 7) is 0. The van der Waals surface area contributed by atoms with Crippen molar-refractivity contribution in [2.75, 3.05) is 39.1 Å². The molecule has 0 fully saturated rings. The van der Waals surface area contributed by atoms with Crippen molar-refractivity contribution in [1.29, 1.82) is 0 Å². The highest BCUT2D eigenvalue weighted by Gasteiger charge is 2.15. The van der Waals surface area contributed by atoms with E-state index in [4.69, 9.17) is 18.9 Å². The third-order valence-electron chi connectivity index (χ3n) is 4.90. The first kappa shape index (κ1) is 24.2. The highest BCUT2D eigenvalue weighted by molar-refractivity contribution is 6.06. The molecule has 2 N–H and O–H groups in total. The molecule has 0 bridgehead atoms. The lowest BCUT2D eigenvalue weighted by Crippen LogP contribution is -2.14. The monoisotopic (exact) mass is 462 g/mol. The number of anilines is 2. The molecule has 0 aliphatic heterocycles. The van der Waals surface area contributed by atoms with Crippen LogP contribution in [0, 0.1) is 0 Å². The first-order chi connectivity index (χ1) is 16.5. The normalized spacial score (nSPS) is 10.5. The van der Waals surface area contributed by atoms with Crippen LogP contribution in [0.3, 0.4) is 0 Å². The fourth-order valence-electron chi connectivity index (χ4n) is 3.18. The van der Waals surface area contributed by atoms with Crippen LogP contribution in [-0.4, -0.2) is 40.3 Å². The number of carbonyl (C=O) groups is 2. The second-order valence-electron chi connectivity index (χ2n) is 7.01. The molecule has 0 spiro atoms. The smallest absolute Gasteiger partial charge is 0.255 e. The summed E-state index contributed by atoms with van der Waals surface area (Å²) in [4.78, 5) is 25.1. The minimum Gasteiger partial charge on any atom is -0.494 e. The van der Waals surface area contributed by atoms with Gasteiger partial charge in [0.15, 0.2) is 11.5 Å². The molecule has 0 aromatic heterocycles. The molecule has 8 heteroatoms. The average Bonchev–Trinajstić information content (AvgIpc) is 2.88. The Morgan fingerprint density at radius 3 is 1.85 bits per heavy atom. The second kappa shape index (κ2) is 11.4. The maximum atomic E-state index is 12.6. The molecular weight excluding hydrogens is 436 g/mol. The van der Waals surface area contributed by atoms with Gasteiger partial charge in [0.25, 0.3) is 5.91 Å². The van der Waals surface area contributed by atoms with Gasteiger partial charge in [-0.05, 0) is 35.9 Å². The van der Waals surface area contributed by atoms with Crippen molar-refractivity contribution in [2.45, 2.75) is 0 Å². The van der Waals surface area contributed by atoms with Crippen LogP contribution in [-0.2, 0) is 4.79 Å². The van der Waals surface area contributed by atoms with Crippen LogP contribution < -0.4 is 29.6 Å². The predicted molar refractivity (Wildman–Crippen MR) is 131 cm³/mol. The third kappa shape index (κ3) is 5.86. The van der Waals surface area contributed by atoms with Crippen LogP contribution in [0.25, 0.3) is 6.08 Å². The van der Waals surface area contributed by atoms with E-state index in [1.807, 2.05) is 6.07 Å². The van der Waals surface area contributed by atoms with Gasteiger partial charge < -0.3 is 29.6 Å². The molecule has 0 saturated heterocycles. The van der Waals surface area contributed by atoms with Crippen LogP contribution in [0.4, 0.5) is 11.4 Å². The van der Waals surface area contributed by atoms with Crippen molar-refractivity contribution in [1.82, 2.24) is 0 Å². The van der Waals surface area contributed by atoms with Gasteiger partial charge in [0, 0.05) is 23.8 Å². The molecular formula is C26H26N2O6. The fourth-order valence-corrected chi connectivity index (χ4v) is 3.18. The Bertz CT molecular complexity index is 1190. The molecule has 176 valence electrons. The molecule has 3 aromatic rings. The van der Waals surface area contributed by atoms with Gasteiger partial charge in [0.1, 0.15) is 11.5 Å². The zero-order chi connectivity index (χ0) is 24.5. The number of hydrogen-bond acceptors (Lipinski definition) is 6. The number of hydrogen-bond donors (Lipinski definition) is 2. The van der Waals surface area contributed by atoms with Gasteiger partial charge in [-0.15, -0.1) is 0 Å². The van der Waals surface area contributed by atoms with Crippen LogP contribution in [0.2, 0.25) is 0 Å². The van der Waals surface area contributed by atoms with E-state index in [2.05, 4.69) is 10.6 Å². The summed E-state index contributed by atoms with van der Waals surface area (Å²) in [7, 11) is 6.05. The molecule has 0 radical (unpaired) electrons. The van der Waals surface area contributed by atoms with E-state index in [1.165, 1.54) is 20.3 Å². The van der Waals surface area contributed by atoms with Crippen molar-refractivity contribution in [2.24, 2.45) is 0 Å². The third-order valence-corrected chi connectivity index (χ3v) is 4.90. The minimum absolute atomic E-state index is 0.296. The van der Waals surface area contributed by atoms with Crippen LogP contribution >= 0.6 is 0 Å². The van der Waals surface area contributed by atoms with E-state index in [0.717, 1.165) is 5.56 Å². The molecule has 3 aromatic carbocycles. The molecule has 0 atom stereocenters. The summed E-state index contributed by atoms with van der Waals surface area (Å²) in [6.07, 6.45) is 3.04. The fraction of sp³-hybridized carbons (Fsp3) is 0.154. The standard InChI is InChI=1S/C26H26N2O6/c1-31-21-12-10-17(14-24(21)34-4)11-13-25(29)27-19-15-23(33-3)20(16-22(19)32-2)28-26(30)18-8-6-5-7-9-18/h5-16H,1-4H3,(H,27,29)(H,28,30)/b13-11+. The summed E-state index contributed by atoms with van der Waals surface area (Å²) in [5, 5.41) is 5.58. The molecule has 0 aliphatic rings. The second-order valence-corrected chi connectivity index (χ2v) is 7.01. The molecule has 0 saturated carbocycles. The van der Waals surface area contributed by atoms with Gasteiger partial charge >= 0.3 is 0 Å². The van der Waals surface area contributed by atoms with Gasteiger partial charge in [-0.1, -0.05) is 24.3 Å². The summed E-state index contributed by atoms with van der Waals surface area (Å²) in [5.41, 5.74) is 2.06. The van der Waals surface area contributed by atoms with E-state index in [9.17, 15) is 9.59 Å². The Labute approximate surface area is 198 Å². The quantitative estimate of drug-likeness (QED) is 0.451. The van der Waals surface area contributed by atoms with E-state index in [1.54, 1.807) is 74.9 Å². The van der Waals surface area contributed by atoms with Crippen molar-refractivity contribution < 1.29 is 28.5 Å². The number of nitrogens with one attached hydrogen (secondary N) is 2. The molecule has 0 unspecified atom stereocenters. The van der Waals surface area contributed by atoms with Crippen molar-refractivity contribution in [3.63, 3.8) is 0 Å². The van der Waals surface area contributed by atoms with Crippen molar-refractivity contribution in [3.8, 4) is 23.0 Å². The number of amides is 2. The van der Waals surface area contributed by atoms with E-state index < -0.39 is 0 Å². The predicted octanol–water partition coefficient (Wildman–Crippen LogP) is 4.63. The highest BCUT2D eigenvalue weighted by Crippen LogP contribution is 2.36. The Morgan fingerprint density at radius 2 is 1.26 bits per heavy atom. The summed E-state index contributed by atoms with van der Waals surface area (Å²) in [6, 6.07) is 17.3. The van der Waals surface area contributed by atoms with Crippen LogP contribution in [0.5, 0.6) is 23.0 Å². The first-order valence-corrected chi connectivity index (χ1v) is 10.3. The lowest BCUT2D eigenvalue weighted by Gasteiger charge is -2.16. The zero-order valence-corrected chi connectivity index (χ0v) is 19.4. The Kier molecular flexibility index (Phi) is 8.12. The number of methoxy groups -OCH3 is 4. The number of rotatable bonds is 9. The summed E-state index contributed by atoms with van der Waals surface area (Å²) in [5.74, 6) is 1.21. The van der Waals surface area contributed by atoms with Gasteiger partial charge in [0.2, 0.25) is 5.91 Å². The Morgan fingerprint density at radius 1 is 0.676 bits per heavy atom. The molecule has 2 amide bonds. The number of benzene rings is 3. The SMILES string of the molecule is COc1cc(NC(=O)c2ccccc2)c(OC)cc1NC(=O)/C=C/c1ccc(OC)c(OC)c1. The highest BCUT2D eigenvalue weighted by atomic mass is 16.5. The topological polar surface area (TPSA) is 95.1 Å². The average molecular weight is 463 g/mol. The molecule has 0 aliphatic carbocycles. The lowest BCUT2D eigenvalue weighted by molar-refractivity contribution is -0.111. The van der Waals surface area contributed by atoms with Crippen molar-refractivity contribution in [3.05, 3.63) is 77.9 Å². The molecule has 34 heavy (non-hydrogen) atoms. The Balaban J connectivity index is 1.78.